The SMILES string of the molecule is NC(=O)[C@@H](Cc1cccc(Br)c1)NC(=O)CC(c1ccccc1)(c1ccccc1)c1ccccc1. The number of carbonyl (C=O) groups excluding carboxylic acids is 2. The lowest BCUT2D eigenvalue weighted by Gasteiger charge is -2.36. The summed E-state index contributed by atoms with van der Waals surface area (Å²) in [5.74, 6) is -0.816. The molecular weight excluding hydrogens is 500 g/mol. The van der Waals surface area contributed by atoms with Crippen LogP contribution in [0.3, 0.4) is 0 Å². The molecule has 0 saturated heterocycles. The third kappa shape index (κ3) is 5.69. The lowest BCUT2D eigenvalue weighted by atomic mass is 9.67. The number of rotatable bonds is 9. The number of hydrogen-bond acceptors (Lipinski definition) is 2. The van der Waals surface area contributed by atoms with Gasteiger partial charge < -0.3 is 11.1 Å². The van der Waals surface area contributed by atoms with Gasteiger partial charge in [-0.2, -0.15) is 0 Å². The maximum Gasteiger partial charge on any atom is 0.240 e. The Hall–Kier alpha value is -3.70. The minimum Gasteiger partial charge on any atom is -0.368 e. The van der Waals surface area contributed by atoms with Gasteiger partial charge in [0.25, 0.3) is 0 Å². The molecule has 4 nitrogen and oxygen atoms in total. The monoisotopic (exact) mass is 526 g/mol. The molecule has 176 valence electrons. The Bertz CT molecular complexity index is 1180. The molecule has 2 amide bonds. The van der Waals surface area contributed by atoms with Gasteiger partial charge in [0.15, 0.2) is 0 Å². The van der Waals surface area contributed by atoms with E-state index >= 15 is 0 Å². The van der Waals surface area contributed by atoms with Gasteiger partial charge in [0.2, 0.25) is 11.8 Å². The van der Waals surface area contributed by atoms with Crippen molar-refractivity contribution < 1.29 is 9.59 Å². The summed E-state index contributed by atoms with van der Waals surface area (Å²) in [6, 6.07) is 36.8. The van der Waals surface area contributed by atoms with Gasteiger partial charge in [-0.15, -0.1) is 0 Å². The fourth-order valence-electron chi connectivity index (χ4n) is 4.58. The van der Waals surface area contributed by atoms with Crippen molar-refractivity contribution in [2.24, 2.45) is 5.73 Å². The topological polar surface area (TPSA) is 72.2 Å². The highest BCUT2D eigenvalue weighted by molar-refractivity contribution is 9.10. The second-order valence-electron chi connectivity index (χ2n) is 8.54. The molecule has 0 unspecified atom stereocenters. The number of hydrogen-bond donors (Lipinski definition) is 2. The van der Waals surface area contributed by atoms with E-state index in [9.17, 15) is 9.59 Å². The molecule has 0 aliphatic rings. The maximum atomic E-state index is 13.6. The molecule has 4 rings (SSSR count). The van der Waals surface area contributed by atoms with E-state index in [2.05, 4.69) is 21.2 Å². The minimum absolute atomic E-state index is 0.118. The fraction of sp³-hybridized carbons (Fsp3) is 0.133. The molecule has 0 aliphatic heterocycles. The summed E-state index contributed by atoms with van der Waals surface area (Å²) >= 11 is 3.45. The van der Waals surface area contributed by atoms with E-state index in [1.165, 1.54) is 0 Å². The zero-order valence-corrected chi connectivity index (χ0v) is 20.8. The Balaban J connectivity index is 1.73. The largest absolute Gasteiger partial charge is 0.368 e. The Labute approximate surface area is 214 Å². The van der Waals surface area contributed by atoms with Gasteiger partial charge in [0, 0.05) is 17.3 Å². The standard InChI is InChI=1S/C30H27BrN2O2/c31-26-18-10-11-22(19-26)20-27(29(32)35)33-28(34)21-30(23-12-4-1-5-13-23,24-14-6-2-7-15-24)25-16-8-3-9-17-25/h1-19,27H,20-21H2,(H2,32,35)(H,33,34)/t27-/m1/s1. The first kappa shape index (κ1) is 24.4. The van der Waals surface area contributed by atoms with E-state index in [4.69, 9.17) is 5.73 Å². The third-order valence-electron chi connectivity index (χ3n) is 6.23. The van der Waals surface area contributed by atoms with Crippen LogP contribution >= 0.6 is 15.9 Å². The normalized spacial score (nSPS) is 12.0. The second kappa shape index (κ2) is 11.2. The molecule has 0 spiro atoms. The highest BCUT2D eigenvalue weighted by Gasteiger charge is 2.39. The number of nitrogens with one attached hydrogen (secondary N) is 1. The van der Waals surface area contributed by atoms with Crippen LogP contribution in [0.25, 0.3) is 0 Å². The fourth-order valence-corrected chi connectivity index (χ4v) is 5.03. The lowest BCUT2D eigenvalue weighted by molar-refractivity contribution is -0.127. The van der Waals surface area contributed by atoms with Gasteiger partial charge >= 0.3 is 0 Å². The van der Waals surface area contributed by atoms with Crippen LogP contribution in [0.1, 0.15) is 28.7 Å². The summed E-state index contributed by atoms with van der Waals surface area (Å²) in [7, 11) is 0. The zero-order chi connectivity index (χ0) is 24.7. The minimum atomic E-state index is -0.822. The van der Waals surface area contributed by atoms with Crippen molar-refractivity contribution in [3.8, 4) is 0 Å². The molecule has 0 aliphatic carbocycles. The van der Waals surface area contributed by atoms with Crippen molar-refractivity contribution in [3.05, 3.63) is 142 Å². The van der Waals surface area contributed by atoms with Crippen LogP contribution in [0.5, 0.6) is 0 Å². The van der Waals surface area contributed by atoms with Crippen molar-refractivity contribution in [1.29, 1.82) is 0 Å². The Kier molecular flexibility index (Phi) is 7.78. The quantitative estimate of drug-likeness (QED) is 0.287. The summed E-state index contributed by atoms with van der Waals surface area (Å²) in [6.07, 6.45) is 0.433. The number of amides is 2. The van der Waals surface area contributed by atoms with E-state index < -0.39 is 17.4 Å². The van der Waals surface area contributed by atoms with E-state index in [-0.39, 0.29) is 12.3 Å². The predicted molar refractivity (Wildman–Crippen MR) is 143 cm³/mol. The van der Waals surface area contributed by atoms with Crippen LogP contribution < -0.4 is 11.1 Å². The van der Waals surface area contributed by atoms with Crippen molar-refractivity contribution in [2.75, 3.05) is 0 Å². The van der Waals surface area contributed by atoms with Gasteiger partial charge in [-0.3, -0.25) is 9.59 Å². The number of carbonyl (C=O) groups is 2. The number of benzene rings is 4. The van der Waals surface area contributed by atoms with Crippen LogP contribution in [-0.2, 0) is 21.4 Å². The van der Waals surface area contributed by atoms with Gasteiger partial charge in [-0.05, 0) is 34.4 Å². The number of primary amides is 1. The summed E-state index contributed by atoms with van der Waals surface area (Å²) < 4.78 is 0.904. The summed E-state index contributed by atoms with van der Waals surface area (Å²) in [6.45, 7) is 0. The average Bonchev–Trinajstić information content (AvgIpc) is 2.88. The van der Waals surface area contributed by atoms with E-state index in [1.54, 1.807) is 0 Å². The molecule has 0 bridgehead atoms. The molecule has 0 saturated carbocycles. The molecule has 5 heteroatoms. The average molecular weight is 527 g/mol. The van der Waals surface area contributed by atoms with Crippen LogP contribution in [0.2, 0.25) is 0 Å². The van der Waals surface area contributed by atoms with E-state index in [0.717, 1.165) is 26.7 Å². The summed E-state index contributed by atoms with van der Waals surface area (Å²) in [5, 5.41) is 2.92. The van der Waals surface area contributed by atoms with Crippen molar-refractivity contribution in [2.45, 2.75) is 24.3 Å². The summed E-state index contributed by atoms with van der Waals surface area (Å²) in [5.41, 5.74) is 8.85. The van der Waals surface area contributed by atoms with E-state index in [1.807, 2.05) is 115 Å². The molecule has 0 aromatic heterocycles. The lowest BCUT2D eigenvalue weighted by Crippen LogP contribution is -2.48. The first-order chi connectivity index (χ1) is 17.0. The molecular formula is C30H27BrN2O2. The molecule has 0 fully saturated rings. The predicted octanol–water partition coefficient (Wildman–Crippen LogP) is 5.39. The van der Waals surface area contributed by atoms with Crippen molar-refractivity contribution >= 4 is 27.7 Å². The summed E-state index contributed by atoms with van der Waals surface area (Å²) in [4.78, 5) is 25.9. The van der Waals surface area contributed by atoms with Crippen LogP contribution in [0.4, 0.5) is 0 Å². The van der Waals surface area contributed by atoms with Gasteiger partial charge in [0.05, 0.1) is 5.41 Å². The molecule has 3 N–H and O–H groups in total. The Morgan fingerprint density at radius 2 is 1.23 bits per heavy atom. The highest BCUT2D eigenvalue weighted by atomic mass is 79.9. The molecule has 4 aromatic rings. The molecule has 0 heterocycles. The van der Waals surface area contributed by atoms with Crippen molar-refractivity contribution in [1.82, 2.24) is 5.32 Å². The maximum absolute atomic E-state index is 13.6. The number of nitrogens with two attached hydrogens (primary N) is 1. The highest BCUT2D eigenvalue weighted by Crippen LogP contribution is 2.42. The molecule has 35 heavy (non-hydrogen) atoms. The smallest absolute Gasteiger partial charge is 0.240 e. The second-order valence-corrected chi connectivity index (χ2v) is 9.45. The first-order valence-corrected chi connectivity index (χ1v) is 12.3. The zero-order valence-electron chi connectivity index (χ0n) is 19.2. The van der Waals surface area contributed by atoms with E-state index in [0.29, 0.717) is 6.42 Å². The first-order valence-electron chi connectivity index (χ1n) is 11.5. The molecule has 0 radical (unpaired) electrons. The van der Waals surface area contributed by atoms with Gasteiger partial charge in [-0.1, -0.05) is 119 Å². The Morgan fingerprint density at radius 3 is 1.66 bits per heavy atom. The van der Waals surface area contributed by atoms with Crippen LogP contribution in [0.15, 0.2) is 120 Å². The van der Waals surface area contributed by atoms with Crippen LogP contribution in [-0.4, -0.2) is 17.9 Å². The van der Waals surface area contributed by atoms with Crippen LogP contribution in [0, 0.1) is 0 Å². The molecule has 1 atom stereocenters. The van der Waals surface area contributed by atoms with Gasteiger partial charge in [0.1, 0.15) is 6.04 Å². The van der Waals surface area contributed by atoms with Gasteiger partial charge in [-0.25, -0.2) is 0 Å². The third-order valence-corrected chi connectivity index (χ3v) is 6.73. The molecule has 4 aromatic carbocycles. The Morgan fingerprint density at radius 1 is 0.743 bits per heavy atom. The van der Waals surface area contributed by atoms with Crippen molar-refractivity contribution in [3.63, 3.8) is 0 Å². The number of halogens is 1.